The van der Waals surface area contributed by atoms with Gasteiger partial charge in [0.05, 0.1) is 6.42 Å². The molecule has 21 heavy (non-hydrogen) atoms. The highest BCUT2D eigenvalue weighted by Gasteiger charge is 2.21. The van der Waals surface area contributed by atoms with Crippen LogP contribution in [0.25, 0.3) is 0 Å². The number of esters is 1. The van der Waals surface area contributed by atoms with Crippen LogP contribution in [-0.4, -0.2) is 35.5 Å². The smallest absolute Gasteiger partial charge is 0.410 e. The lowest BCUT2D eigenvalue weighted by atomic mass is 9.95. The second kappa shape index (κ2) is 10.0. The first-order valence-electron chi connectivity index (χ1n) is 7.10. The van der Waals surface area contributed by atoms with Crippen molar-refractivity contribution in [1.82, 2.24) is 5.32 Å². The molecule has 2 N–H and O–H groups in total. The molecule has 0 aromatic carbocycles. The van der Waals surface area contributed by atoms with Gasteiger partial charge in [0.1, 0.15) is 0 Å². The van der Waals surface area contributed by atoms with Crippen molar-refractivity contribution in [2.75, 3.05) is 0 Å². The van der Waals surface area contributed by atoms with Gasteiger partial charge in [0, 0.05) is 19.9 Å². The number of hydrogen-bond donors (Lipinski definition) is 2. The van der Waals surface area contributed by atoms with Crippen LogP contribution in [-0.2, 0) is 19.1 Å². The van der Waals surface area contributed by atoms with Gasteiger partial charge in [-0.05, 0) is 12.3 Å². The van der Waals surface area contributed by atoms with Crippen molar-refractivity contribution in [2.24, 2.45) is 5.92 Å². The normalized spacial score (nSPS) is 14.7. The van der Waals surface area contributed by atoms with Gasteiger partial charge in [-0.3, -0.25) is 9.59 Å². The highest BCUT2D eigenvalue weighted by molar-refractivity contribution is 5.71. The molecule has 0 unspecified atom stereocenters. The van der Waals surface area contributed by atoms with E-state index in [1.54, 1.807) is 0 Å². The van der Waals surface area contributed by atoms with Crippen molar-refractivity contribution in [3.8, 4) is 0 Å². The molecule has 0 aromatic heterocycles. The van der Waals surface area contributed by atoms with E-state index in [1.807, 2.05) is 13.8 Å². The van der Waals surface area contributed by atoms with Crippen LogP contribution in [0, 0.1) is 5.92 Å². The van der Waals surface area contributed by atoms with Crippen LogP contribution in [0.5, 0.6) is 0 Å². The van der Waals surface area contributed by atoms with Crippen molar-refractivity contribution < 1.29 is 29.0 Å². The van der Waals surface area contributed by atoms with Gasteiger partial charge in [0.25, 0.3) is 0 Å². The molecule has 0 bridgehead atoms. The lowest BCUT2D eigenvalue weighted by molar-refractivity contribution is -0.162. The van der Waals surface area contributed by atoms with Crippen LogP contribution >= 0.6 is 0 Å². The Kier molecular flexibility index (Phi) is 9.16. The van der Waals surface area contributed by atoms with Gasteiger partial charge < -0.3 is 19.9 Å². The Labute approximate surface area is 125 Å². The maximum atomic E-state index is 11.6. The third-order valence-corrected chi connectivity index (χ3v) is 2.82. The van der Waals surface area contributed by atoms with Crippen molar-refractivity contribution in [2.45, 2.75) is 65.7 Å². The van der Waals surface area contributed by atoms with E-state index in [1.165, 1.54) is 13.8 Å². The molecule has 0 fully saturated rings. The molecule has 0 aliphatic rings. The molecule has 0 spiro atoms. The number of aliphatic carboxylic acids is 1. The number of carboxylic acid groups (broad SMARTS) is 1. The molecule has 0 aromatic rings. The minimum Gasteiger partial charge on any atom is -0.481 e. The van der Waals surface area contributed by atoms with Crippen LogP contribution in [0.2, 0.25) is 0 Å². The number of carbonyl (C=O) groups is 3. The zero-order valence-corrected chi connectivity index (χ0v) is 13.0. The van der Waals surface area contributed by atoms with E-state index < -0.39 is 30.4 Å². The highest BCUT2D eigenvalue weighted by Crippen LogP contribution is 2.15. The minimum absolute atomic E-state index is 0.175. The van der Waals surface area contributed by atoms with Gasteiger partial charge >= 0.3 is 18.0 Å². The first kappa shape index (κ1) is 19.2. The Bertz CT molecular complexity index is 357. The summed E-state index contributed by atoms with van der Waals surface area (Å²) in [6, 6.07) is -0.513. The molecular weight excluding hydrogens is 278 g/mol. The maximum Gasteiger partial charge on any atom is 0.410 e. The third-order valence-electron chi connectivity index (χ3n) is 2.82. The maximum absolute atomic E-state index is 11.6. The van der Waals surface area contributed by atoms with Crippen LogP contribution in [0.3, 0.4) is 0 Å². The lowest BCUT2D eigenvalue weighted by Crippen LogP contribution is -2.39. The Balaban J connectivity index is 4.40. The van der Waals surface area contributed by atoms with Crippen LogP contribution in [0.1, 0.15) is 53.4 Å². The van der Waals surface area contributed by atoms with Crippen LogP contribution < -0.4 is 5.32 Å². The molecule has 1 amide bonds. The lowest BCUT2D eigenvalue weighted by Gasteiger charge is -2.21. The number of ether oxygens (including phenoxy) is 2. The molecule has 122 valence electrons. The summed E-state index contributed by atoms with van der Waals surface area (Å²) in [6.07, 6.45) is 0.521. The Morgan fingerprint density at radius 3 is 2.29 bits per heavy atom. The van der Waals surface area contributed by atoms with E-state index >= 15 is 0 Å². The van der Waals surface area contributed by atoms with Gasteiger partial charge in [-0.1, -0.05) is 26.7 Å². The fourth-order valence-electron chi connectivity index (χ4n) is 2.11. The number of alkyl carbamates (subject to hydrolysis) is 1. The third kappa shape index (κ3) is 10.6. The number of rotatable bonds is 9. The minimum atomic E-state index is -1.01. The van der Waals surface area contributed by atoms with E-state index in [-0.39, 0.29) is 6.42 Å². The quantitative estimate of drug-likeness (QED) is 0.500. The Morgan fingerprint density at radius 2 is 1.81 bits per heavy atom. The molecule has 0 aliphatic carbocycles. The standard InChI is InChI=1S/C14H25NO6/c1-5-6-9(2)7-12(8-13(17)18)15-14(19)21-11(4)20-10(3)16/h9,11-12H,5-8H2,1-4H3,(H,15,19)(H,17,18)/t9-,11-,12+/m1/s1. The summed E-state index contributed by atoms with van der Waals surface area (Å²) in [5.41, 5.74) is 0. The summed E-state index contributed by atoms with van der Waals surface area (Å²) in [6.45, 7) is 6.67. The average Bonchev–Trinajstić information content (AvgIpc) is 2.25. The van der Waals surface area contributed by atoms with E-state index in [9.17, 15) is 14.4 Å². The summed E-state index contributed by atoms with van der Waals surface area (Å²) >= 11 is 0. The molecule has 3 atom stereocenters. The van der Waals surface area contributed by atoms with E-state index in [2.05, 4.69) is 10.1 Å². The summed E-state index contributed by atoms with van der Waals surface area (Å²) in [7, 11) is 0. The monoisotopic (exact) mass is 303 g/mol. The fraction of sp³-hybridized carbons (Fsp3) is 0.786. The molecule has 0 radical (unpaired) electrons. The second-order valence-electron chi connectivity index (χ2n) is 5.15. The predicted molar refractivity (Wildman–Crippen MR) is 75.6 cm³/mol. The molecule has 0 aliphatic heterocycles. The number of nitrogens with one attached hydrogen (secondary N) is 1. The number of carbonyl (C=O) groups excluding carboxylic acids is 2. The SMILES string of the molecule is CCC[C@@H](C)C[C@@H](CC(=O)O)NC(=O)O[C@H](C)OC(C)=O. The highest BCUT2D eigenvalue weighted by atomic mass is 16.7. The van der Waals surface area contributed by atoms with Gasteiger partial charge in [-0.15, -0.1) is 0 Å². The molecule has 0 heterocycles. The number of carboxylic acids is 1. The molecule has 7 nitrogen and oxygen atoms in total. The van der Waals surface area contributed by atoms with Crippen LogP contribution in [0.15, 0.2) is 0 Å². The first-order valence-corrected chi connectivity index (χ1v) is 7.10. The van der Waals surface area contributed by atoms with Crippen LogP contribution in [0.4, 0.5) is 4.79 Å². The number of hydrogen-bond acceptors (Lipinski definition) is 5. The van der Waals surface area contributed by atoms with Gasteiger partial charge in [0.2, 0.25) is 6.29 Å². The summed E-state index contributed by atoms with van der Waals surface area (Å²) in [5.74, 6) is -1.25. The topological polar surface area (TPSA) is 102 Å². The summed E-state index contributed by atoms with van der Waals surface area (Å²) < 4.78 is 9.49. The van der Waals surface area contributed by atoms with Crippen molar-refractivity contribution in [3.05, 3.63) is 0 Å². The molecule has 0 saturated heterocycles. The van der Waals surface area contributed by atoms with E-state index in [4.69, 9.17) is 9.84 Å². The fourth-order valence-corrected chi connectivity index (χ4v) is 2.11. The summed E-state index contributed by atoms with van der Waals surface area (Å²) in [5, 5.41) is 11.4. The predicted octanol–water partition coefficient (Wildman–Crippen LogP) is 2.29. The largest absolute Gasteiger partial charge is 0.481 e. The molecular formula is C14H25NO6. The average molecular weight is 303 g/mol. The van der Waals surface area contributed by atoms with Gasteiger partial charge in [-0.2, -0.15) is 0 Å². The van der Waals surface area contributed by atoms with Crippen molar-refractivity contribution in [3.63, 3.8) is 0 Å². The zero-order valence-electron chi connectivity index (χ0n) is 13.0. The van der Waals surface area contributed by atoms with Gasteiger partial charge in [0.15, 0.2) is 0 Å². The Hall–Kier alpha value is -1.79. The molecule has 7 heteroatoms. The second-order valence-corrected chi connectivity index (χ2v) is 5.15. The van der Waals surface area contributed by atoms with Crippen molar-refractivity contribution in [1.29, 1.82) is 0 Å². The van der Waals surface area contributed by atoms with Crippen molar-refractivity contribution >= 4 is 18.0 Å². The Morgan fingerprint density at radius 1 is 1.19 bits per heavy atom. The molecule has 0 saturated carbocycles. The number of amides is 1. The zero-order chi connectivity index (χ0) is 16.4. The first-order chi connectivity index (χ1) is 9.74. The van der Waals surface area contributed by atoms with Gasteiger partial charge in [-0.25, -0.2) is 4.79 Å². The van der Waals surface area contributed by atoms with E-state index in [0.29, 0.717) is 12.3 Å². The van der Waals surface area contributed by atoms with E-state index in [0.717, 1.165) is 12.8 Å². The summed E-state index contributed by atoms with van der Waals surface area (Å²) in [4.78, 5) is 33.2. The molecule has 0 rings (SSSR count).